The predicted molar refractivity (Wildman–Crippen MR) is 58.4 cm³/mol. The van der Waals surface area contributed by atoms with E-state index in [-0.39, 0.29) is 17.3 Å². The van der Waals surface area contributed by atoms with Gasteiger partial charge in [-0.25, -0.2) is 0 Å². The molecule has 1 aromatic rings. The van der Waals surface area contributed by atoms with Crippen LogP contribution in [0.2, 0.25) is 0 Å². The molecule has 0 aliphatic rings. The largest absolute Gasteiger partial charge is 0.508 e. The zero-order chi connectivity index (χ0) is 11.4. The molecule has 0 spiro atoms. The average Bonchev–Trinajstić information content (AvgIpc) is 2.12. The number of hydrogen-bond acceptors (Lipinski definition) is 3. The van der Waals surface area contributed by atoms with Gasteiger partial charge in [-0.3, -0.25) is 4.79 Å². The number of Topliss-reactive ketones (excluding diaryl/α,β-unsaturated/α-hetero) is 1. The van der Waals surface area contributed by atoms with E-state index in [1.807, 2.05) is 0 Å². The minimum Gasteiger partial charge on any atom is -0.508 e. The zero-order valence-electron chi connectivity index (χ0n) is 9.08. The van der Waals surface area contributed by atoms with E-state index in [9.17, 15) is 15.0 Å². The van der Waals surface area contributed by atoms with Gasteiger partial charge < -0.3 is 10.2 Å². The molecule has 0 atom stereocenters. The Hall–Kier alpha value is -1.51. The number of phenols is 2. The van der Waals surface area contributed by atoms with Crippen molar-refractivity contribution in [1.82, 2.24) is 0 Å². The van der Waals surface area contributed by atoms with Gasteiger partial charge in [0.1, 0.15) is 11.5 Å². The van der Waals surface area contributed by atoms with Crippen LogP contribution in [-0.2, 0) is 6.42 Å². The van der Waals surface area contributed by atoms with Crippen LogP contribution in [-0.4, -0.2) is 16.0 Å². The monoisotopic (exact) mass is 208 g/mol. The Morgan fingerprint density at radius 1 is 1.33 bits per heavy atom. The Bertz CT molecular complexity index is 369. The second-order valence-electron chi connectivity index (χ2n) is 3.66. The van der Waals surface area contributed by atoms with E-state index in [2.05, 4.69) is 6.92 Å². The van der Waals surface area contributed by atoms with E-state index in [0.29, 0.717) is 12.0 Å². The second-order valence-corrected chi connectivity index (χ2v) is 3.66. The summed E-state index contributed by atoms with van der Waals surface area (Å²) in [5.74, 6) is -0.296. The van der Waals surface area contributed by atoms with Gasteiger partial charge in [0.15, 0.2) is 5.78 Å². The normalized spacial score (nSPS) is 10.3. The van der Waals surface area contributed by atoms with Crippen LogP contribution in [0.25, 0.3) is 0 Å². The van der Waals surface area contributed by atoms with Crippen molar-refractivity contribution in [3.05, 3.63) is 23.3 Å². The second kappa shape index (κ2) is 4.82. The lowest BCUT2D eigenvalue weighted by atomic mass is 9.98. The Labute approximate surface area is 89.4 Å². The number of carbonyl (C=O) groups excluding carboxylic acids is 1. The third-order valence-corrected chi connectivity index (χ3v) is 2.34. The van der Waals surface area contributed by atoms with Crippen LogP contribution in [0.1, 0.15) is 42.6 Å². The van der Waals surface area contributed by atoms with E-state index in [1.54, 1.807) is 6.07 Å². The lowest BCUT2D eigenvalue weighted by molar-refractivity contribution is 0.101. The van der Waals surface area contributed by atoms with Crippen molar-refractivity contribution >= 4 is 5.78 Å². The fourth-order valence-corrected chi connectivity index (χ4v) is 1.64. The summed E-state index contributed by atoms with van der Waals surface area (Å²) in [6.45, 7) is 3.47. The lowest BCUT2D eigenvalue weighted by Gasteiger charge is -2.09. The molecule has 1 aromatic carbocycles. The first-order valence-electron chi connectivity index (χ1n) is 5.12. The maximum atomic E-state index is 11.3. The molecule has 15 heavy (non-hydrogen) atoms. The Morgan fingerprint density at radius 3 is 2.53 bits per heavy atom. The SMILES string of the molecule is CCCCc1cc(O)cc(O)c1C(C)=O. The first-order chi connectivity index (χ1) is 7.06. The molecule has 0 saturated heterocycles. The molecule has 0 saturated carbocycles. The number of aryl methyl sites for hydroxylation is 1. The quantitative estimate of drug-likeness (QED) is 0.748. The topological polar surface area (TPSA) is 57.5 Å². The number of rotatable bonds is 4. The number of benzene rings is 1. The predicted octanol–water partition coefficient (Wildman–Crippen LogP) is 2.64. The first kappa shape index (κ1) is 11.6. The number of aromatic hydroxyl groups is 2. The van der Waals surface area contributed by atoms with Crippen LogP contribution in [0.4, 0.5) is 0 Å². The van der Waals surface area contributed by atoms with Crippen molar-refractivity contribution < 1.29 is 15.0 Å². The van der Waals surface area contributed by atoms with Gasteiger partial charge in [0, 0.05) is 6.07 Å². The van der Waals surface area contributed by atoms with Crippen LogP contribution >= 0.6 is 0 Å². The molecular formula is C12H16O3. The molecule has 1 rings (SSSR count). The van der Waals surface area contributed by atoms with Gasteiger partial charge in [-0.15, -0.1) is 0 Å². The minimum atomic E-state index is -0.168. The molecule has 82 valence electrons. The van der Waals surface area contributed by atoms with E-state index in [0.717, 1.165) is 18.4 Å². The highest BCUT2D eigenvalue weighted by molar-refractivity contribution is 5.98. The van der Waals surface area contributed by atoms with Gasteiger partial charge in [0.25, 0.3) is 0 Å². The fraction of sp³-hybridized carbons (Fsp3) is 0.417. The number of hydrogen-bond donors (Lipinski definition) is 2. The molecule has 0 fully saturated rings. The van der Waals surface area contributed by atoms with Crippen LogP contribution in [0, 0.1) is 0 Å². The summed E-state index contributed by atoms with van der Waals surface area (Å²) in [5.41, 5.74) is 1.06. The van der Waals surface area contributed by atoms with Gasteiger partial charge in [0.2, 0.25) is 0 Å². The summed E-state index contributed by atoms with van der Waals surface area (Å²) in [6, 6.07) is 2.75. The van der Waals surface area contributed by atoms with Crippen molar-refractivity contribution in [2.45, 2.75) is 33.1 Å². The Morgan fingerprint density at radius 2 is 2.00 bits per heavy atom. The molecule has 2 N–H and O–H groups in total. The summed E-state index contributed by atoms with van der Waals surface area (Å²) >= 11 is 0. The summed E-state index contributed by atoms with van der Waals surface area (Å²) < 4.78 is 0. The van der Waals surface area contributed by atoms with Crippen molar-refractivity contribution in [3.63, 3.8) is 0 Å². The molecule has 0 unspecified atom stereocenters. The van der Waals surface area contributed by atoms with Crippen LogP contribution in [0.3, 0.4) is 0 Å². The third kappa shape index (κ3) is 2.72. The van der Waals surface area contributed by atoms with Gasteiger partial charge in [-0.2, -0.15) is 0 Å². The average molecular weight is 208 g/mol. The van der Waals surface area contributed by atoms with E-state index in [4.69, 9.17) is 0 Å². The van der Waals surface area contributed by atoms with Gasteiger partial charge in [-0.1, -0.05) is 13.3 Å². The highest BCUT2D eigenvalue weighted by Crippen LogP contribution is 2.28. The van der Waals surface area contributed by atoms with Crippen LogP contribution < -0.4 is 0 Å². The fourth-order valence-electron chi connectivity index (χ4n) is 1.64. The maximum absolute atomic E-state index is 11.3. The molecule has 0 aliphatic carbocycles. The molecule has 3 heteroatoms. The summed E-state index contributed by atoms with van der Waals surface area (Å²) in [4.78, 5) is 11.3. The number of carbonyl (C=O) groups is 1. The maximum Gasteiger partial charge on any atom is 0.163 e. The van der Waals surface area contributed by atoms with Crippen LogP contribution in [0.5, 0.6) is 11.5 Å². The zero-order valence-corrected chi connectivity index (χ0v) is 9.08. The van der Waals surface area contributed by atoms with Crippen LogP contribution in [0.15, 0.2) is 12.1 Å². The summed E-state index contributed by atoms with van der Waals surface area (Å²) in [7, 11) is 0. The molecule has 0 amide bonds. The third-order valence-electron chi connectivity index (χ3n) is 2.34. The van der Waals surface area contributed by atoms with E-state index in [1.165, 1.54) is 13.0 Å². The highest BCUT2D eigenvalue weighted by Gasteiger charge is 2.13. The molecule has 0 aromatic heterocycles. The van der Waals surface area contributed by atoms with Crippen molar-refractivity contribution in [2.24, 2.45) is 0 Å². The standard InChI is InChI=1S/C12H16O3/c1-3-4-5-9-6-10(14)7-11(15)12(9)8(2)13/h6-7,14-15H,3-5H2,1-2H3. The molecular weight excluding hydrogens is 192 g/mol. The molecule has 3 nitrogen and oxygen atoms in total. The summed E-state index contributed by atoms with van der Waals surface area (Å²) in [6.07, 6.45) is 2.64. The van der Waals surface area contributed by atoms with E-state index >= 15 is 0 Å². The lowest BCUT2D eigenvalue weighted by Crippen LogP contribution is -2.00. The van der Waals surface area contributed by atoms with Gasteiger partial charge in [0.05, 0.1) is 5.56 Å². The van der Waals surface area contributed by atoms with Gasteiger partial charge in [-0.05, 0) is 31.4 Å². The number of ketones is 1. The molecule has 0 radical (unpaired) electrons. The molecule has 0 aliphatic heterocycles. The number of unbranched alkanes of at least 4 members (excludes halogenated alkanes) is 1. The first-order valence-corrected chi connectivity index (χ1v) is 5.12. The Kier molecular flexibility index (Phi) is 3.72. The van der Waals surface area contributed by atoms with E-state index < -0.39 is 0 Å². The smallest absolute Gasteiger partial charge is 0.163 e. The van der Waals surface area contributed by atoms with Crippen molar-refractivity contribution in [2.75, 3.05) is 0 Å². The summed E-state index contributed by atoms with van der Waals surface area (Å²) in [5, 5.41) is 18.9. The molecule has 0 heterocycles. The van der Waals surface area contributed by atoms with Crippen molar-refractivity contribution in [1.29, 1.82) is 0 Å². The Balaban J connectivity index is 3.14. The van der Waals surface area contributed by atoms with Crippen molar-refractivity contribution in [3.8, 4) is 11.5 Å². The highest BCUT2D eigenvalue weighted by atomic mass is 16.3. The minimum absolute atomic E-state index is 0.00334. The van der Waals surface area contributed by atoms with Gasteiger partial charge >= 0.3 is 0 Å². The molecule has 0 bridgehead atoms. The number of phenolic OH excluding ortho intramolecular Hbond substituents is 2.